The van der Waals surface area contributed by atoms with Crippen molar-refractivity contribution in [3.63, 3.8) is 0 Å². The molecule has 4 rings (SSSR count). The van der Waals surface area contributed by atoms with E-state index in [1.54, 1.807) is 4.68 Å². The molecule has 1 aliphatic heterocycles. The molecule has 0 unspecified atom stereocenters. The van der Waals surface area contributed by atoms with E-state index < -0.39 is 10.0 Å². The number of anilines is 1. The topological polar surface area (TPSA) is 108 Å². The zero-order chi connectivity index (χ0) is 20.4. The number of sulfonamides is 1. The second kappa shape index (κ2) is 7.62. The Morgan fingerprint density at radius 2 is 1.69 bits per heavy atom. The Morgan fingerprint density at radius 3 is 2.31 bits per heavy atom. The van der Waals surface area contributed by atoms with Gasteiger partial charge in [0.2, 0.25) is 10.0 Å². The van der Waals surface area contributed by atoms with Crippen LogP contribution in [0.4, 0.5) is 5.82 Å². The zero-order valence-electron chi connectivity index (χ0n) is 15.8. The van der Waals surface area contributed by atoms with E-state index in [1.165, 1.54) is 34.9 Å². The monoisotopic (exact) mass is 409 g/mol. The third-order valence-electron chi connectivity index (χ3n) is 4.78. The summed E-state index contributed by atoms with van der Waals surface area (Å²) in [5.74, 6) is 1.40. The first-order chi connectivity index (χ1) is 14.0. The maximum atomic E-state index is 12.9. The molecule has 0 atom stereocenters. The van der Waals surface area contributed by atoms with Crippen molar-refractivity contribution in [3.8, 4) is 11.9 Å². The van der Waals surface area contributed by atoms with Crippen LogP contribution in [0.1, 0.15) is 11.3 Å². The molecule has 1 saturated heterocycles. The third-order valence-corrected chi connectivity index (χ3v) is 6.69. The molecule has 9 nitrogen and oxygen atoms in total. The van der Waals surface area contributed by atoms with E-state index >= 15 is 0 Å². The minimum atomic E-state index is -3.59. The van der Waals surface area contributed by atoms with Crippen molar-refractivity contribution in [2.75, 3.05) is 31.1 Å². The highest BCUT2D eigenvalue weighted by Crippen LogP contribution is 2.21. The zero-order valence-corrected chi connectivity index (χ0v) is 16.6. The average molecular weight is 409 g/mol. The van der Waals surface area contributed by atoms with Crippen LogP contribution in [0.15, 0.2) is 53.8 Å². The molecule has 0 amide bonds. The number of benzene rings is 1. The van der Waals surface area contributed by atoms with Crippen LogP contribution in [0.5, 0.6) is 0 Å². The van der Waals surface area contributed by atoms with E-state index in [0.717, 1.165) is 11.5 Å². The molecule has 0 spiro atoms. The normalized spacial score (nSPS) is 15.2. The molecule has 3 aromatic rings. The van der Waals surface area contributed by atoms with Gasteiger partial charge in [-0.15, -0.1) is 0 Å². The van der Waals surface area contributed by atoms with Crippen molar-refractivity contribution in [1.82, 2.24) is 24.1 Å². The lowest BCUT2D eigenvalue weighted by Crippen LogP contribution is -2.48. The summed E-state index contributed by atoms with van der Waals surface area (Å²) >= 11 is 0. The molecule has 3 heterocycles. The van der Waals surface area contributed by atoms with Gasteiger partial charge in [-0.3, -0.25) is 0 Å². The average Bonchev–Trinajstić information content (AvgIpc) is 3.20. The summed E-state index contributed by atoms with van der Waals surface area (Å²) in [6.45, 7) is 3.64. The van der Waals surface area contributed by atoms with Gasteiger partial charge in [-0.25, -0.2) is 23.1 Å². The fourth-order valence-electron chi connectivity index (χ4n) is 3.19. The molecule has 1 aliphatic rings. The van der Waals surface area contributed by atoms with Crippen LogP contribution < -0.4 is 4.90 Å². The van der Waals surface area contributed by atoms with Gasteiger partial charge in [-0.05, 0) is 37.3 Å². The van der Waals surface area contributed by atoms with Gasteiger partial charge in [0.05, 0.1) is 22.2 Å². The molecule has 0 aliphatic carbocycles. The van der Waals surface area contributed by atoms with Gasteiger partial charge in [0.15, 0.2) is 5.82 Å². The van der Waals surface area contributed by atoms with Crippen molar-refractivity contribution in [1.29, 1.82) is 5.26 Å². The summed E-state index contributed by atoms with van der Waals surface area (Å²) in [5, 5.41) is 13.2. The molecule has 0 saturated carbocycles. The van der Waals surface area contributed by atoms with Crippen molar-refractivity contribution >= 4 is 15.8 Å². The van der Waals surface area contributed by atoms with Crippen LogP contribution >= 0.6 is 0 Å². The lowest BCUT2D eigenvalue weighted by molar-refractivity contribution is 0.383. The minimum absolute atomic E-state index is 0.198. The maximum absolute atomic E-state index is 12.9. The van der Waals surface area contributed by atoms with E-state index in [4.69, 9.17) is 5.26 Å². The van der Waals surface area contributed by atoms with Gasteiger partial charge < -0.3 is 4.90 Å². The molecule has 10 heteroatoms. The molecule has 0 radical (unpaired) electrons. The van der Waals surface area contributed by atoms with Crippen molar-refractivity contribution in [2.24, 2.45) is 0 Å². The Kier molecular flexibility index (Phi) is 5.00. The van der Waals surface area contributed by atoms with Gasteiger partial charge in [-0.1, -0.05) is 0 Å². The Morgan fingerprint density at radius 1 is 1.00 bits per heavy atom. The fraction of sp³-hybridized carbons (Fsp3) is 0.263. The summed E-state index contributed by atoms with van der Waals surface area (Å²) in [6.07, 6.45) is 3.32. The minimum Gasteiger partial charge on any atom is -0.354 e. The first-order valence-electron chi connectivity index (χ1n) is 9.07. The van der Waals surface area contributed by atoms with Crippen molar-refractivity contribution in [2.45, 2.75) is 11.8 Å². The van der Waals surface area contributed by atoms with E-state index in [2.05, 4.69) is 15.1 Å². The van der Waals surface area contributed by atoms with Crippen LogP contribution in [0.3, 0.4) is 0 Å². The second-order valence-electron chi connectivity index (χ2n) is 6.66. The molecule has 1 aromatic carbocycles. The molecular weight excluding hydrogens is 390 g/mol. The number of aryl methyl sites for hydroxylation is 1. The number of hydrogen-bond donors (Lipinski definition) is 0. The van der Waals surface area contributed by atoms with Crippen molar-refractivity contribution < 1.29 is 8.42 Å². The summed E-state index contributed by atoms with van der Waals surface area (Å²) in [6, 6.07) is 11.7. The van der Waals surface area contributed by atoms with Crippen LogP contribution in [-0.2, 0) is 10.0 Å². The predicted molar refractivity (Wildman–Crippen MR) is 106 cm³/mol. The third kappa shape index (κ3) is 3.83. The van der Waals surface area contributed by atoms with Gasteiger partial charge in [0.25, 0.3) is 0 Å². The van der Waals surface area contributed by atoms with Gasteiger partial charge in [-0.2, -0.15) is 14.7 Å². The Bertz CT molecular complexity index is 1160. The standard InChI is InChI=1S/C19H19N7O2S/c1-15-6-7-26(23-15)19-12-18(21-14-22-19)24-8-10-25(11-9-24)29(27,28)17-4-2-16(13-20)3-5-17/h2-7,12,14H,8-11H2,1H3. The molecule has 2 aromatic heterocycles. The summed E-state index contributed by atoms with van der Waals surface area (Å²) < 4.78 is 28.9. The molecule has 0 bridgehead atoms. The molecule has 1 fully saturated rings. The lowest BCUT2D eigenvalue weighted by atomic mass is 10.2. The summed E-state index contributed by atoms with van der Waals surface area (Å²) in [4.78, 5) is 10.8. The number of nitrogens with zero attached hydrogens (tertiary/aromatic N) is 7. The largest absolute Gasteiger partial charge is 0.354 e. The van der Waals surface area contributed by atoms with Gasteiger partial charge in [0.1, 0.15) is 12.1 Å². The number of nitriles is 1. The lowest BCUT2D eigenvalue weighted by Gasteiger charge is -2.34. The molecule has 29 heavy (non-hydrogen) atoms. The Labute approximate surface area is 168 Å². The number of piperazine rings is 1. The predicted octanol–water partition coefficient (Wildman–Crippen LogP) is 1.35. The quantitative estimate of drug-likeness (QED) is 0.640. The molecule has 0 N–H and O–H groups in total. The summed E-state index contributed by atoms with van der Waals surface area (Å²) in [5.41, 5.74) is 1.33. The van der Waals surface area contributed by atoms with E-state index in [9.17, 15) is 8.42 Å². The van der Waals surface area contributed by atoms with E-state index in [0.29, 0.717) is 37.6 Å². The highest BCUT2D eigenvalue weighted by atomic mass is 32.2. The Balaban J connectivity index is 1.47. The van der Waals surface area contributed by atoms with Gasteiger partial charge in [0, 0.05) is 38.4 Å². The van der Waals surface area contributed by atoms with Gasteiger partial charge >= 0.3 is 0 Å². The van der Waals surface area contributed by atoms with Crippen LogP contribution in [-0.4, -0.2) is 58.7 Å². The smallest absolute Gasteiger partial charge is 0.243 e. The first-order valence-corrected chi connectivity index (χ1v) is 10.5. The number of rotatable bonds is 4. The van der Waals surface area contributed by atoms with E-state index in [1.807, 2.05) is 36.2 Å². The molecular formula is C19H19N7O2S. The first kappa shape index (κ1) is 19.0. The second-order valence-corrected chi connectivity index (χ2v) is 8.60. The molecule has 148 valence electrons. The van der Waals surface area contributed by atoms with Crippen molar-refractivity contribution in [3.05, 3.63) is 60.2 Å². The Hall–Kier alpha value is -3.29. The van der Waals surface area contributed by atoms with E-state index in [-0.39, 0.29) is 4.90 Å². The fourth-order valence-corrected chi connectivity index (χ4v) is 4.61. The highest BCUT2D eigenvalue weighted by Gasteiger charge is 2.29. The summed E-state index contributed by atoms with van der Waals surface area (Å²) in [7, 11) is -3.59. The maximum Gasteiger partial charge on any atom is 0.243 e. The number of aromatic nitrogens is 4. The van der Waals surface area contributed by atoms with Crippen LogP contribution in [0.25, 0.3) is 5.82 Å². The number of hydrogen-bond acceptors (Lipinski definition) is 7. The van der Waals surface area contributed by atoms with Crippen LogP contribution in [0, 0.1) is 18.3 Å². The van der Waals surface area contributed by atoms with Crippen LogP contribution in [0.2, 0.25) is 0 Å². The SMILES string of the molecule is Cc1ccn(-c2cc(N3CCN(S(=O)(=O)c4ccc(C#N)cc4)CC3)ncn2)n1. The highest BCUT2D eigenvalue weighted by molar-refractivity contribution is 7.89.